The molecule has 290 valence electrons. The Morgan fingerprint density at radius 2 is 0.944 bits per heavy atom. The van der Waals surface area contributed by atoms with Crippen LogP contribution in [0.3, 0.4) is 0 Å². The van der Waals surface area contributed by atoms with Crippen LogP contribution in [0.2, 0.25) is 51.4 Å². The number of rotatable bonds is 20. The van der Waals surface area contributed by atoms with Crippen LogP contribution in [-0.4, -0.2) is 93.0 Å². The maximum atomic E-state index is 15.5. The number of urea groups is 1. The third kappa shape index (κ3) is 13.2. The molecule has 1 saturated heterocycles. The normalized spacial score (nSPS) is 19.6. The Bertz CT molecular complexity index is 1540. The molecule has 0 saturated carbocycles. The summed E-state index contributed by atoms with van der Waals surface area (Å²) < 4.78 is 26.3. The second-order valence-corrected chi connectivity index (χ2v) is 27.9. The molecule has 1 fully saturated rings. The molecule has 4 aromatic rings. The molecule has 3 heterocycles. The number of aromatic nitrogens is 2. The van der Waals surface area contributed by atoms with E-state index in [9.17, 15) is 0 Å². The van der Waals surface area contributed by atoms with Crippen molar-refractivity contribution in [3.8, 4) is 0 Å². The second-order valence-electron chi connectivity index (χ2n) is 16.6. The van der Waals surface area contributed by atoms with E-state index in [4.69, 9.17) is 18.9 Å². The molecule has 11 heteroatoms. The van der Waals surface area contributed by atoms with Crippen molar-refractivity contribution in [3.05, 3.63) is 132 Å². The molecule has 0 spiro atoms. The number of hydrogen-bond acceptors (Lipinski definition) is 7. The Morgan fingerprint density at radius 1 is 0.556 bits per heavy atom. The minimum absolute atomic E-state index is 0.0840. The van der Waals surface area contributed by atoms with E-state index in [1.807, 2.05) is 82.6 Å². The summed E-state index contributed by atoms with van der Waals surface area (Å²) in [6.07, 6.45) is 3.49. The van der Waals surface area contributed by atoms with E-state index in [2.05, 4.69) is 73.5 Å². The van der Waals surface area contributed by atoms with E-state index in [0.29, 0.717) is 39.1 Å². The molecule has 0 unspecified atom stereocenters. The van der Waals surface area contributed by atoms with Crippen molar-refractivity contribution in [2.24, 2.45) is 0 Å². The average Bonchev–Trinajstić information content (AvgIpc) is 3.22. The number of pyridine rings is 2. The van der Waals surface area contributed by atoms with Gasteiger partial charge in [-0.2, -0.15) is 0 Å². The van der Waals surface area contributed by atoms with Gasteiger partial charge < -0.3 is 28.7 Å². The monoisotopic (exact) mass is 768 g/mol. The van der Waals surface area contributed by atoms with Gasteiger partial charge in [0.15, 0.2) is 0 Å². The van der Waals surface area contributed by atoms with E-state index in [-0.39, 0.29) is 19.6 Å². The molecule has 0 bridgehead atoms. The molecule has 54 heavy (non-hydrogen) atoms. The van der Waals surface area contributed by atoms with Crippen molar-refractivity contribution in [3.63, 3.8) is 0 Å². The largest absolute Gasteiger partial charge is 0.356 e. The van der Waals surface area contributed by atoms with Crippen LogP contribution in [-0.2, 0) is 44.9 Å². The van der Waals surface area contributed by atoms with Crippen molar-refractivity contribution in [2.45, 2.75) is 102 Å². The van der Waals surface area contributed by atoms with Gasteiger partial charge in [-0.15, -0.1) is 0 Å². The molecule has 2 aromatic heterocycles. The van der Waals surface area contributed by atoms with Crippen molar-refractivity contribution in [1.29, 1.82) is 0 Å². The third-order valence-electron chi connectivity index (χ3n) is 9.75. The fourth-order valence-electron chi connectivity index (χ4n) is 6.65. The Kier molecular flexibility index (Phi) is 15.6. The van der Waals surface area contributed by atoms with Crippen molar-refractivity contribution >= 4 is 22.2 Å². The van der Waals surface area contributed by atoms with Crippen molar-refractivity contribution in [2.75, 3.05) is 26.8 Å². The first-order valence-electron chi connectivity index (χ1n) is 19.3. The average molecular weight is 769 g/mol. The summed E-state index contributed by atoms with van der Waals surface area (Å²) >= 11 is 0. The molecule has 5 rings (SSSR count). The summed E-state index contributed by atoms with van der Waals surface area (Å²) in [4.78, 5) is 28.7. The first-order valence-corrected chi connectivity index (χ1v) is 26.7. The Morgan fingerprint density at radius 3 is 1.30 bits per heavy atom. The zero-order valence-corrected chi connectivity index (χ0v) is 35.1. The van der Waals surface area contributed by atoms with Gasteiger partial charge in [0.2, 0.25) is 0 Å². The van der Waals surface area contributed by atoms with E-state index in [1.165, 1.54) is 0 Å². The number of benzene rings is 2. The summed E-state index contributed by atoms with van der Waals surface area (Å²) in [5.74, 6) is 0. The molecule has 4 atom stereocenters. The number of carbonyl (C=O) groups is 1. The highest BCUT2D eigenvalue weighted by Gasteiger charge is 2.49. The van der Waals surface area contributed by atoms with E-state index in [1.54, 1.807) is 12.4 Å². The molecule has 1 aliphatic rings. The Balaban J connectivity index is 1.62. The lowest BCUT2D eigenvalue weighted by Gasteiger charge is -2.38. The summed E-state index contributed by atoms with van der Waals surface area (Å²) in [6, 6.07) is 33.4. The minimum Gasteiger partial charge on any atom is -0.356 e. The van der Waals surface area contributed by atoms with Crippen LogP contribution in [0.5, 0.6) is 0 Å². The predicted molar refractivity (Wildman–Crippen MR) is 221 cm³/mol. The second kappa shape index (κ2) is 20.3. The number of nitrogens with zero attached hydrogens (tertiary/aromatic N) is 4. The smallest absolute Gasteiger partial charge is 0.321 e. The molecule has 9 nitrogen and oxygen atoms in total. The van der Waals surface area contributed by atoms with Crippen LogP contribution in [0.25, 0.3) is 0 Å². The highest BCUT2D eigenvalue weighted by atomic mass is 28.3. The number of carbonyl (C=O) groups excluding carboxylic acids is 1. The van der Waals surface area contributed by atoms with Crippen LogP contribution < -0.4 is 0 Å². The lowest BCUT2D eigenvalue weighted by molar-refractivity contribution is -0.188. The van der Waals surface area contributed by atoms with Crippen molar-refractivity contribution in [1.82, 2.24) is 19.8 Å². The Labute approximate surface area is 325 Å². The minimum atomic E-state index is -1.33. The van der Waals surface area contributed by atoms with E-state index in [0.717, 1.165) is 34.6 Å². The highest BCUT2D eigenvalue weighted by Crippen LogP contribution is 2.33. The predicted octanol–water partition coefficient (Wildman–Crippen LogP) is 8.53. The number of amides is 2. The number of ether oxygens (including phenoxy) is 4. The first kappa shape index (κ1) is 41.4. The molecular weight excluding hydrogens is 709 g/mol. The maximum Gasteiger partial charge on any atom is 0.321 e. The zero-order valence-electron chi connectivity index (χ0n) is 33.1. The highest BCUT2D eigenvalue weighted by molar-refractivity contribution is 6.76. The van der Waals surface area contributed by atoms with Crippen molar-refractivity contribution < 1.29 is 23.7 Å². The molecular formula is C43H60N4O5Si2. The molecule has 0 aliphatic carbocycles. The lowest BCUT2D eigenvalue weighted by Crippen LogP contribution is -2.53. The third-order valence-corrected chi connectivity index (χ3v) is 13.2. The van der Waals surface area contributed by atoms with Gasteiger partial charge in [-0.25, -0.2) is 4.79 Å². The topological polar surface area (TPSA) is 86.2 Å². The standard InChI is InChI=1S/C43H60N4O5Si2/c1-53(2,3)27-25-49-33-51-41-39(29-35-17-9-7-10-18-35)46(31-37-21-13-15-23-44-37)43(48)47(32-38-22-14-16-24-45-38)40(30-36-19-11-8-12-20-36)42(41)52-34-50-26-28-54(4,5)6/h7-24,39-42H,25-34H2,1-6H3/t39-,40-,41+,42+/m1/s1. The van der Waals surface area contributed by atoms with Gasteiger partial charge >= 0.3 is 6.03 Å². The molecule has 0 N–H and O–H groups in total. The van der Waals surface area contributed by atoms with Crippen LogP contribution in [0.1, 0.15) is 22.5 Å². The Hall–Kier alpha value is -3.72. The molecule has 2 amide bonds. The van der Waals surface area contributed by atoms with Gasteiger partial charge in [-0.1, -0.05) is 112 Å². The van der Waals surface area contributed by atoms with Gasteiger partial charge in [0, 0.05) is 41.8 Å². The summed E-state index contributed by atoms with van der Waals surface area (Å²) in [5.41, 5.74) is 3.77. The van der Waals surface area contributed by atoms with Gasteiger partial charge in [0.1, 0.15) is 25.8 Å². The fraction of sp³-hybridized carbons (Fsp3) is 0.465. The van der Waals surface area contributed by atoms with Gasteiger partial charge in [-0.05, 0) is 60.3 Å². The lowest BCUT2D eigenvalue weighted by atomic mass is 9.90. The zero-order chi connectivity index (χ0) is 38.4. The summed E-state index contributed by atoms with van der Waals surface area (Å²) in [7, 11) is -2.65. The SMILES string of the molecule is C[Si](C)(C)CCOCO[C@@H]1[C@@H](OCOCC[Si](C)(C)C)[C@@H](Cc2ccccc2)N(Cc2ccccn2)C(=O)N(Cc2ccccn2)[C@@H]1Cc1ccccc1. The van der Waals surface area contributed by atoms with E-state index < -0.39 is 40.4 Å². The van der Waals surface area contributed by atoms with Gasteiger partial charge in [0.25, 0.3) is 0 Å². The molecule has 1 aliphatic heterocycles. The number of hydrogen-bond donors (Lipinski definition) is 0. The van der Waals surface area contributed by atoms with E-state index >= 15 is 4.79 Å². The van der Waals surface area contributed by atoms with Gasteiger partial charge in [-0.3, -0.25) is 9.97 Å². The van der Waals surface area contributed by atoms with Crippen LogP contribution in [0.4, 0.5) is 4.79 Å². The fourth-order valence-corrected chi connectivity index (χ4v) is 8.16. The summed E-state index contributed by atoms with van der Waals surface area (Å²) in [5, 5.41) is 0. The quantitative estimate of drug-likeness (QED) is 0.0506. The summed E-state index contributed by atoms with van der Waals surface area (Å²) in [6.45, 7) is 16.1. The van der Waals surface area contributed by atoms with Crippen LogP contribution in [0, 0.1) is 0 Å². The van der Waals surface area contributed by atoms with Gasteiger partial charge in [0.05, 0.1) is 36.6 Å². The molecule has 0 radical (unpaired) electrons. The molecule has 2 aromatic carbocycles. The maximum absolute atomic E-state index is 15.5. The van der Waals surface area contributed by atoms with Crippen LogP contribution in [0.15, 0.2) is 109 Å². The first-order chi connectivity index (χ1) is 26.0. The van der Waals surface area contributed by atoms with Crippen LogP contribution >= 0.6 is 0 Å².